The molecule has 1 unspecified atom stereocenters. The number of pyridine rings is 1. The highest BCUT2D eigenvalue weighted by molar-refractivity contribution is 8.00. The van der Waals surface area contributed by atoms with Gasteiger partial charge < -0.3 is 10.4 Å². The van der Waals surface area contributed by atoms with Gasteiger partial charge >= 0.3 is 5.97 Å². The Labute approximate surface area is 104 Å². The molecule has 1 atom stereocenters. The van der Waals surface area contributed by atoms with Gasteiger partial charge in [-0.05, 0) is 26.0 Å². The van der Waals surface area contributed by atoms with Crippen molar-refractivity contribution in [2.24, 2.45) is 0 Å². The predicted octanol–water partition coefficient (Wildman–Crippen LogP) is 1.40. The number of nitrogens with zero attached hydrogens (tertiary/aromatic N) is 1. The number of aliphatic carboxylic acids is 1. The normalized spacial score (nSPS) is 11.9. The Hall–Kier alpha value is -1.56. The van der Waals surface area contributed by atoms with Crippen LogP contribution in [0.5, 0.6) is 0 Å². The van der Waals surface area contributed by atoms with Crippen molar-refractivity contribution in [1.29, 1.82) is 0 Å². The maximum Gasteiger partial charge on any atom is 0.316 e. The maximum atomic E-state index is 11.5. The molecule has 92 valence electrons. The largest absolute Gasteiger partial charge is 0.480 e. The number of hydrogen-bond donors (Lipinski definition) is 2. The first kappa shape index (κ1) is 13.5. The average Bonchev–Trinajstić information content (AvgIpc) is 2.29. The molecule has 1 rings (SSSR count). The van der Waals surface area contributed by atoms with Gasteiger partial charge in [-0.2, -0.15) is 0 Å². The second-order valence-electron chi connectivity index (χ2n) is 3.33. The Balaban J connectivity index is 2.79. The molecule has 0 fully saturated rings. The summed E-state index contributed by atoms with van der Waals surface area (Å²) in [5.74, 6) is -1.13. The first-order valence-electron chi connectivity index (χ1n) is 5.18. The van der Waals surface area contributed by atoms with Crippen molar-refractivity contribution >= 4 is 23.6 Å². The molecule has 0 spiro atoms. The minimum atomic E-state index is -0.883. The molecule has 0 radical (unpaired) electrons. The number of carboxylic acids is 1. The topological polar surface area (TPSA) is 79.3 Å². The van der Waals surface area contributed by atoms with Crippen LogP contribution in [0.25, 0.3) is 0 Å². The number of hydrogen-bond acceptors (Lipinski definition) is 4. The number of carbonyl (C=O) groups is 2. The van der Waals surface area contributed by atoms with Crippen LogP contribution < -0.4 is 5.32 Å². The van der Waals surface area contributed by atoms with Gasteiger partial charge in [0.15, 0.2) is 0 Å². The average molecular weight is 254 g/mol. The smallest absolute Gasteiger partial charge is 0.316 e. The SMILES string of the molecule is CCNC(=O)c1cc(SC(C)C(=O)O)ccn1. The zero-order chi connectivity index (χ0) is 12.8. The Kier molecular flexibility index (Phi) is 4.96. The minimum Gasteiger partial charge on any atom is -0.480 e. The molecule has 0 aliphatic carbocycles. The molecule has 1 heterocycles. The van der Waals surface area contributed by atoms with E-state index in [1.807, 2.05) is 6.92 Å². The lowest BCUT2D eigenvalue weighted by molar-refractivity contribution is -0.136. The van der Waals surface area contributed by atoms with Crippen molar-refractivity contribution < 1.29 is 14.7 Å². The number of aromatic nitrogens is 1. The lowest BCUT2D eigenvalue weighted by atomic mass is 10.3. The highest BCUT2D eigenvalue weighted by Crippen LogP contribution is 2.23. The van der Waals surface area contributed by atoms with Gasteiger partial charge in [0.25, 0.3) is 5.91 Å². The van der Waals surface area contributed by atoms with Gasteiger partial charge in [-0.1, -0.05) is 0 Å². The molecule has 5 nitrogen and oxygen atoms in total. The summed E-state index contributed by atoms with van der Waals surface area (Å²) in [5, 5.41) is 10.9. The van der Waals surface area contributed by atoms with Crippen LogP contribution in [-0.2, 0) is 4.79 Å². The molecular weight excluding hydrogens is 240 g/mol. The number of carbonyl (C=O) groups excluding carboxylic acids is 1. The first-order valence-corrected chi connectivity index (χ1v) is 6.06. The van der Waals surface area contributed by atoms with Crippen LogP contribution >= 0.6 is 11.8 Å². The monoisotopic (exact) mass is 254 g/mol. The summed E-state index contributed by atoms with van der Waals surface area (Å²) < 4.78 is 0. The molecule has 1 aromatic heterocycles. The van der Waals surface area contributed by atoms with Crippen LogP contribution in [0.3, 0.4) is 0 Å². The van der Waals surface area contributed by atoms with E-state index in [0.717, 1.165) is 4.90 Å². The number of amides is 1. The van der Waals surface area contributed by atoms with Crippen LogP contribution in [0.4, 0.5) is 0 Å². The van der Waals surface area contributed by atoms with E-state index in [2.05, 4.69) is 10.3 Å². The Morgan fingerprint density at radius 3 is 2.88 bits per heavy atom. The van der Waals surface area contributed by atoms with Gasteiger partial charge in [0.05, 0.1) is 0 Å². The summed E-state index contributed by atoms with van der Waals surface area (Å²) in [6.07, 6.45) is 1.50. The molecule has 0 aliphatic heterocycles. The van der Waals surface area contributed by atoms with E-state index < -0.39 is 11.2 Å². The highest BCUT2D eigenvalue weighted by atomic mass is 32.2. The molecule has 6 heteroatoms. The minimum absolute atomic E-state index is 0.252. The van der Waals surface area contributed by atoms with Gasteiger partial charge in [-0.3, -0.25) is 14.6 Å². The van der Waals surface area contributed by atoms with E-state index in [4.69, 9.17) is 5.11 Å². The number of rotatable bonds is 5. The summed E-state index contributed by atoms with van der Waals surface area (Å²) in [5.41, 5.74) is 0.300. The molecule has 17 heavy (non-hydrogen) atoms. The zero-order valence-electron chi connectivity index (χ0n) is 9.64. The van der Waals surface area contributed by atoms with Crippen LogP contribution in [0, 0.1) is 0 Å². The quantitative estimate of drug-likeness (QED) is 0.776. The van der Waals surface area contributed by atoms with E-state index >= 15 is 0 Å². The van der Waals surface area contributed by atoms with E-state index in [1.54, 1.807) is 19.1 Å². The van der Waals surface area contributed by atoms with Crippen LogP contribution in [0.15, 0.2) is 23.2 Å². The first-order chi connectivity index (χ1) is 8.04. The van der Waals surface area contributed by atoms with Gasteiger partial charge in [0.2, 0.25) is 0 Å². The van der Waals surface area contributed by atoms with Gasteiger partial charge in [-0.25, -0.2) is 0 Å². The fraction of sp³-hybridized carbons (Fsp3) is 0.364. The van der Waals surface area contributed by atoms with Crippen molar-refractivity contribution in [3.8, 4) is 0 Å². The third-order valence-electron chi connectivity index (χ3n) is 1.96. The van der Waals surface area contributed by atoms with Crippen molar-refractivity contribution in [2.45, 2.75) is 24.0 Å². The summed E-state index contributed by atoms with van der Waals surface area (Å²) in [4.78, 5) is 26.9. The molecule has 2 N–H and O–H groups in total. The molecule has 0 aliphatic rings. The number of thioether (sulfide) groups is 1. The summed E-state index contributed by atoms with van der Waals surface area (Å²) in [6.45, 7) is 3.95. The predicted molar refractivity (Wildman–Crippen MR) is 65.2 cm³/mol. The molecule has 1 amide bonds. The third-order valence-corrected chi connectivity index (χ3v) is 3.04. The molecular formula is C11H14N2O3S. The molecule has 0 saturated heterocycles. The lowest BCUT2D eigenvalue weighted by Gasteiger charge is -2.07. The van der Waals surface area contributed by atoms with E-state index in [9.17, 15) is 9.59 Å². The Morgan fingerprint density at radius 1 is 1.59 bits per heavy atom. The zero-order valence-corrected chi connectivity index (χ0v) is 10.5. The van der Waals surface area contributed by atoms with Crippen LogP contribution in [-0.4, -0.2) is 33.8 Å². The Morgan fingerprint density at radius 2 is 2.29 bits per heavy atom. The van der Waals surface area contributed by atoms with Crippen molar-refractivity contribution in [1.82, 2.24) is 10.3 Å². The van der Waals surface area contributed by atoms with Crippen molar-refractivity contribution in [3.63, 3.8) is 0 Å². The molecule has 0 saturated carbocycles. The van der Waals surface area contributed by atoms with Crippen LogP contribution in [0.2, 0.25) is 0 Å². The second-order valence-corrected chi connectivity index (χ2v) is 4.75. The van der Waals surface area contributed by atoms with E-state index in [1.165, 1.54) is 18.0 Å². The standard InChI is InChI=1S/C11H14N2O3S/c1-3-12-10(14)9-6-8(4-5-13-9)17-7(2)11(15)16/h4-7H,3H2,1-2H3,(H,12,14)(H,15,16). The summed E-state index contributed by atoms with van der Waals surface area (Å²) in [7, 11) is 0. The highest BCUT2D eigenvalue weighted by Gasteiger charge is 2.14. The van der Waals surface area contributed by atoms with Crippen molar-refractivity contribution in [2.75, 3.05) is 6.54 Å². The Bertz CT molecular complexity index is 423. The number of carboxylic acid groups (broad SMARTS) is 1. The summed E-state index contributed by atoms with van der Waals surface area (Å²) >= 11 is 1.18. The lowest BCUT2D eigenvalue weighted by Crippen LogP contribution is -2.23. The van der Waals surface area contributed by atoms with Crippen molar-refractivity contribution in [3.05, 3.63) is 24.0 Å². The fourth-order valence-corrected chi connectivity index (χ4v) is 1.94. The molecule has 0 bridgehead atoms. The number of nitrogens with one attached hydrogen (secondary N) is 1. The van der Waals surface area contributed by atoms with Gasteiger partial charge in [0, 0.05) is 17.6 Å². The molecule has 0 aromatic carbocycles. The van der Waals surface area contributed by atoms with E-state index in [-0.39, 0.29) is 5.91 Å². The third kappa shape index (κ3) is 4.07. The van der Waals surface area contributed by atoms with Crippen LogP contribution in [0.1, 0.15) is 24.3 Å². The van der Waals surface area contributed by atoms with Gasteiger partial charge in [-0.15, -0.1) is 11.8 Å². The van der Waals surface area contributed by atoms with Gasteiger partial charge in [0.1, 0.15) is 10.9 Å². The van der Waals surface area contributed by atoms with E-state index in [0.29, 0.717) is 12.2 Å². The summed E-state index contributed by atoms with van der Waals surface area (Å²) in [6, 6.07) is 3.28. The second kappa shape index (κ2) is 6.24. The maximum absolute atomic E-state index is 11.5. The fourth-order valence-electron chi connectivity index (χ4n) is 1.11. The molecule has 1 aromatic rings.